The van der Waals surface area contributed by atoms with E-state index in [-0.39, 0.29) is 22.9 Å². The SMILES string of the molecule is CC.CC(C)(C)[C@@H](C=O)Nc1ccccn1.CCCCC(C)C(C)CCC.COc1ccc2c(=O)[nH]c(-c3nc(C(C)C)cs3)cc2c1C.O=CN[C@]1(C(=O)NSC2CC2)CC1C1CC1. The van der Waals surface area contributed by atoms with Crippen molar-refractivity contribution in [1.29, 1.82) is 0 Å². The molecule has 4 aromatic rings. The Morgan fingerprint density at radius 1 is 1.00 bits per heavy atom. The summed E-state index contributed by atoms with van der Waals surface area (Å²) in [6, 6.07) is 11.0. The number of thiazole rings is 1. The smallest absolute Gasteiger partial charge is 0.256 e. The Morgan fingerprint density at radius 3 is 2.22 bits per heavy atom. The Bertz CT molecular complexity index is 2110. The zero-order valence-electron chi connectivity index (χ0n) is 41.6. The van der Waals surface area contributed by atoms with E-state index in [9.17, 15) is 19.2 Å². The Labute approximate surface area is 398 Å². The fourth-order valence-electron chi connectivity index (χ4n) is 7.45. The molecule has 3 aliphatic rings. The maximum atomic E-state index is 12.3. The van der Waals surface area contributed by atoms with Gasteiger partial charge in [0.2, 0.25) is 6.41 Å². The number of rotatable bonds is 18. The number of carbonyl (C=O) groups is 3. The molecule has 3 aliphatic carbocycles. The van der Waals surface area contributed by atoms with Crippen LogP contribution in [0.5, 0.6) is 5.75 Å². The van der Waals surface area contributed by atoms with Gasteiger partial charge in [-0.25, -0.2) is 9.97 Å². The van der Waals surface area contributed by atoms with Crippen LogP contribution < -0.4 is 25.7 Å². The zero-order valence-corrected chi connectivity index (χ0v) is 43.3. The van der Waals surface area contributed by atoms with E-state index in [1.54, 1.807) is 30.7 Å². The minimum atomic E-state index is -0.565. The molecule has 0 radical (unpaired) electrons. The molecule has 0 bridgehead atoms. The van der Waals surface area contributed by atoms with Crippen LogP contribution in [0.4, 0.5) is 5.82 Å². The van der Waals surface area contributed by atoms with Crippen molar-refractivity contribution in [1.82, 2.24) is 25.0 Å². The number of methoxy groups -OCH3 is 1. The van der Waals surface area contributed by atoms with Gasteiger partial charge in [0.05, 0.1) is 24.5 Å². The van der Waals surface area contributed by atoms with Crippen LogP contribution in [0.25, 0.3) is 21.5 Å². The predicted molar refractivity (Wildman–Crippen MR) is 274 cm³/mol. The van der Waals surface area contributed by atoms with Crippen LogP contribution in [-0.4, -0.2) is 57.5 Å². The van der Waals surface area contributed by atoms with Gasteiger partial charge >= 0.3 is 0 Å². The van der Waals surface area contributed by atoms with Gasteiger partial charge in [-0.1, -0.05) is 114 Å². The highest BCUT2D eigenvalue weighted by Gasteiger charge is 2.65. The van der Waals surface area contributed by atoms with Crippen LogP contribution in [-0.2, 0) is 14.4 Å². The van der Waals surface area contributed by atoms with Crippen molar-refractivity contribution in [3.63, 3.8) is 0 Å². The van der Waals surface area contributed by atoms with Gasteiger partial charge in [0.1, 0.15) is 28.4 Å². The lowest BCUT2D eigenvalue weighted by Gasteiger charge is -2.27. The van der Waals surface area contributed by atoms with E-state index in [0.717, 1.165) is 63.5 Å². The van der Waals surface area contributed by atoms with Gasteiger partial charge in [-0.05, 0) is 127 Å². The number of carbonyl (C=O) groups excluding carboxylic acids is 3. The van der Waals surface area contributed by atoms with Crippen molar-refractivity contribution in [3.05, 3.63) is 69.6 Å². The second-order valence-corrected chi connectivity index (χ2v) is 20.9. The molecule has 3 unspecified atom stereocenters. The van der Waals surface area contributed by atoms with Gasteiger partial charge in [0, 0.05) is 22.2 Å². The van der Waals surface area contributed by atoms with Crippen LogP contribution in [0.2, 0.25) is 0 Å². The minimum Gasteiger partial charge on any atom is -0.496 e. The van der Waals surface area contributed by atoms with Crippen LogP contribution in [0, 0.1) is 36.0 Å². The number of hydrogen-bond acceptors (Lipinski definition) is 10. The van der Waals surface area contributed by atoms with E-state index < -0.39 is 5.54 Å². The number of nitrogens with zero attached hydrogens (tertiary/aromatic N) is 2. The van der Waals surface area contributed by atoms with E-state index in [4.69, 9.17) is 4.74 Å². The molecule has 1 aromatic carbocycles. The van der Waals surface area contributed by atoms with Gasteiger partial charge < -0.3 is 25.1 Å². The topological polar surface area (TPSA) is 155 Å². The average molecular weight is 933 g/mol. The summed E-state index contributed by atoms with van der Waals surface area (Å²) in [5, 5.41) is 10.9. The third kappa shape index (κ3) is 16.9. The number of amides is 2. The summed E-state index contributed by atoms with van der Waals surface area (Å²) in [7, 11) is 1.64. The van der Waals surface area contributed by atoms with Crippen molar-refractivity contribution in [2.45, 2.75) is 170 Å². The minimum absolute atomic E-state index is 0.00778. The lowest BCUT2D eigenvalue weighted by Crippen LogP contribution is -2.46. The Hall–Kier alpha value is -4.23. The normalized spacial score (nSPS) is 18.6. The summed E-state index contributed by atoms with van der Waals surface area (Å²) < 4.78 is 8.25. The second kappa shape index (κ2) is 26.8. The van der Waals surface area contributed by atoms with E-state index in [0.29, 0.717) is 34.8 Å². The molecule has 3 fully saturated rings. The standard InChI is InChI=1S/C17H18N2O2S.C11H16N2O2S.C11H16N2O.C11H24.C2H6/c1-9(2)14-8-22-17(19-14)13-7-12-10(3)15(21-4)6-5-11(12)16(20)18-13;14-6-12-11(5-9(11)7-1-2-7)10(15)13-16-8-3-4-8;1-11(2,3)9(8-14)13-10-6-4-5-7-12-10;1-5-7-9-11(4)10(3)8-6-2;1-2/h5-9H,1-4H3,(H,18,20);6-9H,1-5H2,(H,12,14)(H,13,15);4-9H,1-3H3,(H,12,13);10-11H,5-9H2,1-4H3;1-2H3/t;9?,11-;9-;;/m.11../s1. The number of fused-ring (bicyclic) bond motifs is 1. The molecular weight excluding hydrogens is 853 g/mol. The van der Waals surface area contributed by atoms with E-state index in [1.807, 2.05) is 77.3 Å². The lowest BCUT2D eigenvalue weighted by atomic mass is 9.88. The van der Waals surface area contributed by atoms with E-state index >= 15 is 0 Å². The quantitative estimate of drug-likeness (QED) is 0.0563. The summed E-state index contributed by atoms with van der Waals surface area (Å²) in [6.45, 7) is 25.6. The Morgan fingerprint density at radius 2 is 1.69 bits per heavy atom. The van der Waals surface area contributed by atoms with Crippen LogP contribution in [0.3, 0.4) is 0 Å². The van der Waals surface area contributed by atoms with Gasteiger partial charge in [-0.2, -0.15) is 0 Å². The van der Waals surface area contributed by atoms with E-state index in [2.05, 4.69) is 71.9 Å². The molecule has 3 heterocycles. The van der Waals surface area contributed by atoms with Crippen molar-refractivity contribution < 1.29 is 19.1 Å². The number of H-pyrrole nitrogens is 1. The fourth-order valence-corrected chi connectivity index (χ4v) is 9.23. The zero-order chi connectivity index (χ0) is 48.3. The second-order valence-electron chi connectivity index (χ2n) is 19.0. The Kier molecular flexibility index (Phi) is 22.7. The van der Waals surface area contributed by atoms with Crippen molar-refractivity contribution in [2.75, 3.05) is 12.4 Å². The molecule has 0 spiro atoms. The molecule has 2 amide bonds. The maximum Gasteiger partial charge on any atom is 0.256 e. The van der Waals surface area contributed by atoms with Gasteiger partial charge in [-0.15, -0.1) is 11.3 Å². The van der Waals surface area contributed by atoms with Crippen molar-refractivity contribution in [2.24, 2.45) is 29.1 Å². The summed E-state index contributed by atoms with van der Waals surface area (Å²) in [4.78, 5) is 57.5. The number of aromatic amines is 1. The highest BCUT2D eigenvalue weighted by molar-refractivity contribution is 7.98. The van der Waals surface area contributed by atoms with Crippen LogP contribution in [0.1, 0.15) is 158 Å². The molecule has 360 valence electrons. The molecule has 0 aliphatic heterocycles. The van der Waals surface area contributed by atoms with Crippen molar-refractivity contribution in [3.8, 4) is 16.5 Å². The van der Waals surface area contributed by atoms with Crippen LogP contribution in [0.15, 0.2) is 52.8 Å². The van der Waals surface area contributed by atoms with Gasteiger partial charge in [0.25, 0.3) is 11.5 Å². The fraction of sp³-hybridized carbons (Fsp3) is 0.615. The van der Waals surface area contributed by atoms with Crippen LogP contribution >= 0.6 is 23.3 Å². The maximum absolute atomic E-state index is 12.3. The van der Waals surface area contributed by atoms with Gasteiger partial charge in [0.15, 0.2) is 0 Å². The lowest BCUT2D eigenvalue weighted by molar-refractivity contribution is -0.125. The first-order valence-corrected chi connectivity index (χ1v) is 25.8. The molecule has 3 aromatic heterocycles. The number of benzene rings is 1. The first-order valence-electron chi connectivity index (χ1n) is 24.0. The summed E-state index contributed by atoms with van der Waals surface area (Å²) >= 11 is 3.07. The number of ether oxygens (including phenoxy) is 1. The molecule has 0 saturated heterocycles. The third-order valence-electron chi connectivity index (χ3n) is 12.3. The molecule has 13 heteroatoms. The number of anilines is 1. The average Bonchev–Trinajstić information content (AvgIpc) is 4.23. The number of aromatic nitrogens is 3. The third-order valence-corrected chi connectivity index (χ3v) is 14.3. The van der Waals surface area contributed by atoms with E-state index in [1.165, 1.54) is 69.7 Å². The molecule has 5 atom stereocenters. The molecule has 3 saturated carbocycles. The number of unbranched alkanes of at least 4 members (excludes halogenated alkanes) is 1. The number of aldehydes is 1. The number of aryl methyl sites for hydroxylation is 1. The first-order chi connectivity index (χ1) is 31.0. The summed E-state index contributed by atoms with van der Waals surface area (Å²) in [6.07, 6.45) is 15.9. The molecular formula is C52H80N6O5S2. The summed E-state index contributed by atoms with van der Waals surface area (Å²) in [5.41, 5.74) is 2.01. The predicted octanol–water partition coefficient (Wildman–Crippen LogP) is 12.3. The highest BCUT2D eigenvalue weighted by atomic mass is 32.2. The number of nitrogens with one attached hydrogen (secondary N) is 4. The number of pyridine rings is 2. The largest absolute Gasteiger partial charge is 0.496 e. The monoisotopic (exact) mass is 933 g/mol. The van der Waals surface area contributed by atoms with Crippen molar-refractivity contribution >= 4 is 58.5 Å². The molecule has 11 nitrogen and oxygen atoms in total. The first kappa shape index (κ1) is 55.1. The van der Waals surface area contributed by atoms with Gasteiger partial charge in [-0.3, -0.25) is 19.1 Å². The molecule has 7 rings (SSSR count). The highest BCUT2D eigenvalue weighted by Crippen LogP contribution is 2.57. The number of hydrogen-bond donors (Lipinski definition) is 4. The Balaban J connectivity index is 0.000000235. The molecule has 65 heavy (non-hydrogen) atoms. The molecule has 4 N–H and O–H groups in total. The summed E-state index contributed by atoms with van der Waals surface area (Å²) in [5.74, 6) is 4.83.